The lowest BCUT2D eigenvalue weighted by molar-refractivity contribution is 0.883. The van der Waals surface area contributed by atoms with E-state index in [0.29, 0.717) is 5.59 Å². The summed E-state index contributed by atoms with van der Waals surface area (Å²) in [5.41, 5.74) is 0.667. The SMILES string of the molecule is FBc1[nH]cc2ccccc12. The van der Waals surface area contributed by atoms with Crippen molar-refractivity contribution in [3.8, 4) is 0 Å². The summed E-state index contributed by atoms with van der Waals surface area (Å²) < 4.78 is 12.3. The quantitative estimate of drug-likeness (QED) is 0.581. The fourth-order valence-corrected chi connectivity index (χ4v) is 1.25. The Bertz CT molecular complexity index is 369. The van der Waals surface area contributed by atoms with E-state index in [1.807, 2.05) is 30.5 Å². The Morgan fingerprint density at radius 3 is 2.91 bits per heavy atom. The maximum Gasteiger partial charge on any atom is 0.380 e. The molecule has 0 amide bonds. The zero-order chi connectivity index (χ0) is 7.68. The molecular formula is C8H7BFN. The van der Waals surface area contributed by atoms with Gasteiger partial charge in [-0.3, -0.25) is 0 Å². The predicted molar refractivity (Wildman–Crippen MR) is 46.2 cm³/mol. The van der Waals surface area contributed by atoms with Gasteiger partial charge in [0.1, 0.15) is 0 Å². The standard InChI is InChI=1S/C8H7BFN/c10-9-8-7-4-2-1-3-6(7)5-11-8/h1-5,9,11H. The Hall–Kier alpha value is -1.25. The van der Waals surface area contributed by atoms with Gasteiger partial charge in [0.2, 0.25) is 0 Å². The van der Waals surface area contributed by atoms with Crippen LogP contribution in [0.1, 0.15) is 0 Å². The fraction of sp³-hybridized carbons (Fsp3) is 0. The van der Waals surface area contributed by atoms with Crippen molar-refractivity contribution >= 4 is 23.9 Å². The lowest BCUT2D eigenvalue weighted by Gasteiger charge is -1.88. The summed E-state index contributed by atoms with van der Waals surface area (Å²) in [5, 5.41) is 2.05. The molecule has 0 saturated heterocycles. The number of aromatic nitrogens is 1. The molecular weight excluding hydrogens is 140 g/mol. The molecule has 1 N–H and O–H groups in total. The van der Waals surface area contributed by atoms with Crippen LogP contribution in [0.15, 0.2) is 30.5 Å². The number of fused-ring (bicyclic) bond motifs is 1. The van der Waals surface area contributed by atoms with Gasteiger partial charge in [0.05, 0.1) is 0 Å². The van der Waals surface area contributed by atoms with Crippen LogP contribution in [0.25, 0.3) is 10.8 Å². The highest BCUT2D eigenvalue weighted by molar-refractivity contribution is 6.49. The molecule has 0 aliphatic carbocycles. The summed E-state index contributed by atoms with van der Waals surface area (Å²) in [5.74, 6) is 0. The molecule has 0 fully saturated rings. The first-order valence-electron chi connectivity index (χ1n) is 3.53. The molecule has 2 rings (SSSR count). The van der Waals surface area contributed by atoms with Crippen LogP contribution in [0.5, 0.6) is 0 Å². The van der Waals surface area contributed by atoms with Crippen LogP contribution in [0.3, 0.4) is 0 Å². The monoisotopic (exact) mass is 147 g/mol. The van der Waals surface area contributed by atoms with Crippen LogP contribution in [0, 0.1) is 0 Å². The van der Waals surface area contributed by atoms with Gasteiger partial charge in [-0.05, 0) is 10.8 Å². The van der Waals surface area contributed by atoms with E-state index in [0.717, 1.165) is 10.8 Å². The van der Waals surface area contributed by atoms with Crippen molar-refractivity contribution in [3.05, 3.63) is 30.5 Å². The van der Waals surface area contributed by atoms with Crippen LogP contribution in [0.2, 0.25) is 0 Å². The van der Waals surface area contributed by atoms with Gasteiger partial charge in [0.25, 0.3) is 0 Å². The van der Waals surface area contributed by atoms with E-state index >= 15 is 0 Å². The minimum absolute atomic E-state index is 0.423. The molecule has 54 valence electrons. The van der Waals surface area contributed by atoms with Gasteiger partial charge in [-0.15, -0.1) is 0 Å². The van der Waals surface area contributed by atoms with E-state index in [2.05, 4.69) is 4.98 Å². The Balaban J connectivity index is 2.76. The van der Waals surface area contributed by atoms with Gasteiger partial charge in [-0.25, -0.2) is 0 Å². The van der Waals surface area contributed by atoms with Crippen molar-refractivity contribution in [2.24, 2.45) is 0 Å². The highest BCUT2D eigenvalue weighted by Crippen LogP contribution is 2.09. The third-order valence-electron chi connectivity index (χ3n) is 1.82. The summed E-state index contributed by atoms with van der Waals surface area (Å²) in [6, 6.07) is 7.74. The number of nitrogens with one attached hydrogen (secondary N) is 1. The molecule has 0 bridgehead atoms. The zero-order valence-corrected chi connectivity index (χ0v) is 5.97. The summed E-state index contributed by atoms with van der Waals surface area (Å²) in [7, 11) is -0.423. The topological polar surface area (TPSA) is 15.8 Å². The molecule has 1 heterocycles. The van der Waals surface area contributed by atoms with Crippen molar-refractivity contribution in [1.82, 2.24) is 4.98 Å². The van der Waals surface area contributed by atoms with Gasteiger partial charge in [0.15, 0.2) is 0 Å². The van der Waals surface area contributed by atoms with Crippen molar-refractivity contribution in [3.63, 3.8) is 0 Å². The molecule has 0 aliphatic rings. The summed E-state index contributed by atoms with van der Waals surface area (Å²) >= 11 is 0. The third-order valence-corrected chi connectivity index (χ3v) is 1.82. The third kappa shape index (κ3) is 0.927. The molecule has 0 saturated carbocycles. The molecule has 1 aromatic heterocycles. The number of hydrogen-bond donors (Lipinski definition) is 1. The molecule has 0 aliphatic heterocycles. The van der Waals surface area contributed by atoms with Crippen LogP contribution < -0.4 is 5.59 Å². The maximum atomic E-state index is 12.3. The first-order chi connectivity index (χ1) is 5.42. The number of benzene rings is 1. The van der Waals surface area contributed by atoms with Crippen molar-refractivity contribution in [1.29, 1.82) is 0 Å². The van der Waals surface area contributed by atoms with Crippen molar-refractivity contribution in [2.45, 2.75) is 0 Å². The highest BCUT2D eigenvalue weighted by Gasteiger charge is 2.01. The Kier molecular flexibility index (Phi) is 1.42. The summed E-state index contributed by atoms with van der Waals surface area (Å²) in [4.78, 5) is 2.89. The lowest BCUT2D eigenvalue weighted by atomic mass is 9.95. The van der Waals surface area contributed by atoms with Crippen molar-refractivity contribution < 1.29 is 4.32 Å². The number of aromatic amines is 1. The molecule has 11 heavy (non-hydrogen) atoms. The van der Waals surface area contributed by atoms with Crippen LogP contribution in [-0.2, 0) is 0 Å². The molecule has 3 heteroatoms. The van der Waals surface area contributed by atoms with Crippen LogP contribution in [0.4, 0.5) is 4.32 Å². The van der Waals surface area contributed by atoms with Crippen LogP contribution in [-0.4, -0.2) is 12.5 Å². The Morgan fingerprint density at radius 2 is 2.09 bits per heavy atom. The molecule has 0 unspecified atom stereocenters. The van der Waals surface area contributed by atoms with Gasteiger partial charge < -0.3 is 9.30 Å². The van der Waals surface area contributed by atoms with Crippen LogP contribution >= 0.6 is 0 Å². The Morgan fingerprint density at radius 1 is 1.27 bits per heavy atom. The fourth-order valence-electron chi connectivity index (χ4n) is 1.25. The maximum absolute atomic E-state index is 12.3. The molecule has 1 nitrogen and oxygen atoms in total. The molecule has 0 atom stereocenters. The number of H-pyrrole nitrogens is 1. The molecule has 1 aromatic carbocycles. The average molecular weight is 147 g/mol. The molecule has 0 spiro atoms. The van der Waals surface area contributed by atoms with Crippen molar-refractivity contribution in [2.75, 3.05) is 0 Å². The molecule has 0 radical (unpaired) electrons. The van der Waals surface area contributed by atoms with Gasteiger partial charge in [-0.1, -0.05) is 24.3 Å². The Labute approximate surface area is 64.5 Å². The van der Waals surface area contributed by atoms with E-state index in [4.69, 9.17) is 0 Å². The van der Waals surface area contributed by atoms with Gasteiger partial charge >= 0.3 is 7.56 Å². The lowest BCUT2D eigenvalue weighted by Crippen LogP contribution is -2.10. The van der Waals surface area contributed by atoms with E-state index in [1.165, 1.54) is 0 Å². The van der Waals surface area contributed by atoms with E-state index < -0.39 is 7.56 Å². The second-order valence-corrected chi connectivity index (χ2v) is 2.49. The first-order valence-corrected chi connectivity index (χ1v) is 3.53. The second kappa shape index (κ2) is 2.42. The minimum atomic E-state index is -0.423. The summed E-state index contributed by atoms with van der Waals surface area (Å²) in [6.07, 6.45) is 1.82. The molecule has 2 aromatic rings. The zero-order valence-electron chi connectivity index (χ0n) is 5.97. The predicted octanol–water partition coefficient (Wildman–Crippen LogP) is 1.11. The van der Waals surface area contributed by atoms with E-state index in [1.54, 1.807) is 0 Å². The number of rotatable bonds is 1. The largest absolute Gasteiger partial charge is 0.380 e. The normalized spacial score (nSPS) is 10.3. The number of halogens is 1. The van der Waals surface area contributed by atoms with Gasteiger partial charge in [0, 0.05) is 11.8 Å². The average Bonchev–Trinajstić information content (AvgIpc) is 2.47. The smallest absolute Gasteiger partial charge is 0.369 e. The van der Waals surface area contributed by atoms with E-state index in [-0.39, 0.29) is 0 Å². The second-order valence-electron chi connectivity index (χ2n) is 2.49. The number of hydrogen-bond acceptors (Lipinski definition) is 0. The summed E-state index contributed by atoms with van der Waals surface area (Å²) in [6.45, 7) is 0. The highest BCUT2D eigenvalue weighted by atomic mass is 19.1. The minimum Gasteiger partial charge on any atom is -0.369 e. The van der Waals surface area contributed by atoms with Gasteiger partial charge in [-0.2, -0.15) is 0 Å². The van der Waals surface area contributed by atoms with E-state index in [9.17, 15) is 4.32 Å². The first kappa shape index (κ1) is 6.46.